The summed E-state index contributed by atoms with van der Waals surface area (Å²) in [6.45, 7) is 2.14. The minimum atomic E-state index is -3.35. The maximum absolute atomic E-state index is 12.7. The summed E-state index contributed by atoms with van der Waals surface area (Å²) >= 11 is 0. The summed E-state index contributed by atoms with van der Waals surface area (Å²) in [5.41, 5.74) is -0.153. The molecule has 1 aliphatic carbocycles. The molecule has 1 aliphatic rings. The highest BCUT2D eigenvalue weighted by atomic mass is 28.4. The Bertz CT molecular complexity index is 139. The van der Waals surface area contributed by atoms with Gasteiger partial charge in [0, 0.05) is 5.54 Å². The Labute approximate surface area is 81.7 Å². The highest BCUT2D eigenvalue weighted by molar-refractivity contribution is 6.44. The minimum absolute atomic E-state index is 0.153. The molecule has 2 unspecified atom stereocenters. The van der Waals surface area contributed by atoms with E-state index in [0.29, 0.717) is 5.92 Å². The number of unbranched alkanes of at least 4 members (excludes halogenated alkanes) is 1. The molecule has 0 nitrogen and oxygen atoms in total. The van der Waals surface area contributed by atoms with Gasteiger partial charge in [-0.1, -0.05) is 45.4 Å². The molecule has 0 N–H and O–H groups in total. The van der Waals surface area contributed by atoms with Crippen molar-refractivity contribution < 1.29 is 8.22 Å². The Morgan fingerprint density at radius 1 is 1.23 bits per heavy atom. The Morgan fingerprint density at radius 2 is 1.92 bits per heavy atom. The van der Waals surface area contributed by atoms with Gasteiger partial charge in [-0.3, -0.25) is 8.22 Å². The van der Waals surface area contributed by atoms with Gasteiger partial charge in [-0.05, 0) is 12.3 Å². The molecule has 0 aromatic carbocycles. The topological polar surface area (TPSA) is 0 Å². The lowest BCUT2D eigenvalue weighted by Crippen LogP contribution is -2.23. The van der Waals surface area contributed by atoms with Crippen LogP contribution in [-0.4, -0.2) is 9.46 Å². The van der Waals surface area contributed by atoms with E-state index in [-0.39, 0.29) is 5.54 Å². The van der Waals surface area contributed by atoms with Crippen LogP contribution in [0, 0.1) is 5.92 Å². The van der Waals surface area contributed by atoms with Crippen molar-refractivity contribution in [1.82, 2.24) is 0 Å². The van der Waals surface area contributed by atoms with Crippen LogP contribution in [0.15, 0.2) is 0 Å². The molecule has 0 bridgehead atoms. The second-order valence-corrected chi connectivity index (χ2v) is 5.71. The largest absolute Gasteiger partial charge is 0.414 e. The summed E-state index contributed by atoms with van der Waals surface area (Å²) in [6.07, 6.45) is 7.46. The third kappa shape index (κ3) is 3.37. The van der Waals surface area contributed by atoms with Crippen molar-refractivity contribution in [3.63, 3.8) is 0 Å². The molecule has 0 aromatic heterocycles. The third-order valence-corrected chi connectivity index (χ3v) is 4.74. The van der Waals surface area contributed by atoms with Crippen molar-refractivity contribution >= 4 is 9.46 Å². The third-order valence-electron chi connectivity index (χ3n) is 3.22. The average molecular weight is 206 g/mol. The maximum atomic E-state index is 12.7. The van der Waals surface area contributed by atoms with E-state index in [4.69, 9.17) is 0 Å². The van der Waals surface area contributed by atoms with E-state index in [2.05, 4.69) is 6.92 Å². The Balaban J connectivity index is 2.37. The molecule has 0 aromatic rings. The first-order valence-electron chi connectivity index (χ1n) is 5.53. The first kappa shape index (κ1) is 11.2. The molecule has 0 radical (unpaired) electrons. The lowest BCUT2D eigenvalue weighted by molar-refractivity contribution is 0.308. The molecule has 1 rings (SSSR count). The van der Waals surface area contributed by atoms with Crippen molar-refractivity contribution in [2.45, 2.75) is 57.4 Å². The van der Waals surface area contributed by atoms with E-state index in [1.54, 1.807) is 0 Å². The van der Waals surface area contributed by atoms with Crippen molar-refractivity contribution in [2.24, 2.45) is 5.92 Å². The predicted octanol–water partition coefficient (Wildman–Crippen LogP) is 3.90. The van der Waals surface area contributed by atoms with Gasteiger partial charge < -0.3 is 0 Å². The zero-order valence-electron chi connectivity index (χ0n) is 8.44. The van der Waals surface area contributed by atoms with Crippen LogP contribution in [0.25, 0.3) is 0 Å². The molecule has 0 amide bonds. The second-order valence-electron chi connectivity index (χ2n) is 4.19. The summed E-state index contributed by atoms with van der Waals surface area (Å²) in [5, 5.41) is 0. The molecular weight excluding hydrogens is 186 g/mol. The molecule has 78 valence electrons. The van der Waals surface area contributed by atoms with Crippen molar-refractivity contribution in [3.8, 4) is 0 Å². The first-order valence-corrected chi connectivity index (χ1v) is 7.07. The van der Waals surface area contributed by atoms with Crippen LogP contribution in [-0.2, 0) is 0 Å². The predicted molar refractivity (Wildman–Crippen MR) is 54.6 cm³/mol. The zero-order valence-corrected chi connectivity index (χ0v) is 9.59. The maximum Gasteiger partial charge on any atom is 0.414 e. The molecule has 3 heteroatoms. The highest BCUT2D eigenvalue weighted by Crippen LogP contribution is 2.40. The molecule has 13 heavy (non-hydrogen) atoms. The smallest absolute Gasteiger partial charge is 0.274 e. The van der Waals surface area contributed by atoms with Crippen molar-refractivity contribution in [1.29, 1.82) is 0 Å². The second kappa shape index (κ2) is 5.73. The van der Waals surface area contributed by atoms with Gasteiger partial charge in [0.15, 0.2) is 0 Å². The molecule has 0 spiro atoms. The van der Waals surface area contributed by atoms with Crippen LogP contribution >= 0.6 is 0 Å². The number of hydrogen-bond acceptors (Lipinski definition) is 0. The van der Waals surface area contributed by atoms with Crippen LogP contribution in [0.5, 0.6) is 0 Å². The van der Waals surface area contributed by atoms with Gasteiger partial charge in [0.05, 0.1) is 0 Å². The van der Waals surface area contributed by atoms with Crippen LogP contribution in [0.3, 0.4) is 0 Å². The highest BCUT2D eigenvalue weighted by Gasteiger charge is 2.33. The van der Waals surface area contributed by atoms with E-state index >= 15 is 0 Å². The first-order chi connectivity index (χ1) is 6.25. The van der Waals surface area contributed by atoms with Crippen LogP contribution < -0.4 is 0 Å². The Hall–Kier alpha value is 0.0769. The van der Waals surface area contributed by atoms with Gasteiger partial charge in [0.1, 0.15) is 0 Å². The zero-order chi connectivity index (χ0) is 9.68. The molecule has 0 saturated heterocycles. The number of hydrogen-bond donors (Lipinski definition) is 0. The summed E-state index contributed by atoms with van der Waals surface area (Å²) in [6, 6.07) is 0. The lowest BCUT2D eigenvalue weighted by Gasteiger charge is -2.30. The van der Waals surface area contributed by atoms with Gasteiger partial charge in [-0.25, -0.2) is 0 Å². The summed E-state index contributed by atoms with van der Waals surface area (Å²) in [5.74, 6) is 0.375. The summed E-state index contributed by atoms with van der Waals surface area (Å²) < 4.78 is 25.5. The Kier molecular flexibility index (Phi) is 4.92. The van der Waals surface area contributed by atoms with Gasteiger partial charge in [-0.15, -0.1) is 0 Å². The van der Waals surface area contributed by atoms with Gasteiger partial charge in [0.25, 0.3) is 0 Å². The van der Waals surface area contributed by atoms with E-state index in [0.717, 1.165) is 38.5 Å². The molecule has 2 atom stereocenters. The average Bonchev–Trinajstić information content (AvgIpc) is 2.15. The van der Waals surface area contributed by atoms with Gasteiger partial charge in [-0.2, -0.15) is 0 Å². The number of rotatable bonds is 4. The minimum Gasteiger partial charge on any atom is -0.274 e. The fourth-order valence-corrected chi connectivity index (χ4v) is 3.68. The molecule has 0 aliphatic heterocycles. The lowest BCUT2D eigenvalue weighted by atomic mass is 9.85. The monoisotopic (exact) mass is 206 g/mol. The number of halogens is 2. The fraction of sp³-hybridized carbons (Fsp3) is 1.00. The van der Waals surface area contributed by atoms with Crippen LogP contribution in [0.1, 0.15) is 51.9 Å². The molecule has 1 saturated carbocycles. The van der Waals surface area contributed by atoms with Gasteiger partial charge in [0.2, 0.25) is 0 Å². The molecular formula is C10H20F2Si. The normalized spacial score (nSPS) is 29.5. The fourth-order valence-electron chi connectivity index (χ4n) is 2.39. The van der Waals surface area contributed by atoms with E-state index in [9.17, 15) is 8.22 Å². The van der Waals surface area contributed by atoms with Crippen LogP contribution in [0.4, 0.5) is 8.22 Å². The summed E-state index contributed by atoms with van der Waals surface area (Å²) in [7, 11) is -3.35. The van der Waals surface area contributed by atoms with E-state index in [1.807, 2.05) is 0 Å². The Morgan fingerprint density at radius 3 is 2.54 bits per heavy atom. The SMILES string of the molecule is CCCCC1CCCCC1[SiH](F)F. The van der Waals surface area contributed by atoms with E-state index < -0.39 is 9.46 Å². The quantitative estimate of drug-likeness (QED) is 0.483. The van der Waals surface area contributed by atoms with Crippen LogP contribution in [0.2, 0.25) is 5.54 Å². The standard InChI is InChI=1S/C10H20F2Si/c1-2-3-6-9-7-4-5-8-10(9)13(11)12/h9-10,13H,2-8H2,1H3. The molecule has 0 heterocycles. The van der Waals surface area contributed by atoms with Crippen molar-refractivity contribution in [3.05, 3.63) is 0 Å². The summed E-state index contributed by atoms with van der Waals surface area (Å²) in [4.78, 5) is 0. The van der Waals surface area contributed by atoms with Gasteiger partial charge >= 0.3 is 9.46 Å². The van der Waals surface area contributed by atoms with E-state index in [1.165, 1.54) is 6.42 Å². The molecule has 1 fully saturated rings. The van der Waals surface area contributed by atoms with Crippen molar-refractivity contribution in [2.75, 3.05) is 0 Å².